The van der Waals surface area contributed by atoms with Crippen LogP contribution in [0.15, 0.2) is 30.7 Å². The first-order valence-electron chi connectivity index (χ1n) is 6.29. The lowest BCUT2D eigenvalue weighted by atomic mass is 10.2. The maximum absolute atomic E-state index is 12.4. The predicted molar refractivity (Wildman–Crippen MR) is 78.1 cm³/mol. The summed E-state index contributed by atoms with van der Waals surface area (Å²) in [5, 5.41) is 11.9. The SMILES string of the molecule is CNC(=O)CNc1n[nH]cc1C(=O)N(C)c1ccncc1. The number of nitrogens with zero attached hydrogens (tertiary/aromatic N) is 3. The topological polar surface area (TPSA) is 103 Å². The molecule has 0 saturated carbocycles. The Morgan fingerprint density at radius 2 is 2.05 bits per heavy atom. The summed E-state index contributed by atoms with van der Waals surface area (Å²) in [4.78, 5) is 29.1. The summed E-state index contributed by atoms with van der Waals surface area (Å²) in [5.74, 6) is -0.0993. The summed E-state index contributed by atoms with van der Waals surface area (Å²) < 4.78 is 0. The van der Waals surface area contributed by atoms with Crippen molar-refractivity contribution in [1.82, 2.24) is 20.5 Å². The fourth-order valence-corrected chi connectivity index (χ4v) is 1.71. The molecule has 110 valence electrons. The zero-order valence-corrected chi connectivity index (χ0v) is 11.8. The summed E-state index contributed by atoms with van der Waals surface area (Å²) in [6.45, 7) is 0.0423. The molecule has 8 nitrogen and oxygen atoms in total. The van der Waals surface area contributed by atoms with Gasteiger partial charge < -0.3 is 15.5 Å². The molecule has 0 fully saturated rings. The van der Waals surface area contributed by atoms with Crippen LogP contribution >= 0.6 is 0 Å². The highest BCUT2D eigenvalue weighted by atomic mass is 16.2. The highest BCUT2D eigenvalue weighted by Gasteiger charge is 2.19. The van der Waals surface area contributed by atoms with Gasteiger partial charge in [-0.1, -0.05) is 0 Å². The summed E-state index contributed by atoms with van der Waals surface area (Å²) in [6.07, 6.45) is 4.71. The number of carbonyl (C=O) groups is 2. The number of likely N-dealkylation sites (N-methyl/N-ethyl adjacent to an activating group) is 1. The van der Waals surface area contributed by atoms with Crippen LogP contribution < -0.4 is 15.5 Å². The van der Waals surface area contributed by atoms with Crippen molar-refractivity contribution in [3.8, 4) is 0 Å². The number of aromatic nitrogens is 3. The fourth-order valence-electron chi connectivity index (χ4n) is 1.71. The molecule has 0 aliphatic carbocycles. The summed E-state index contributed by atoms with van der Waals surface area (Å²) in [7, 11) is 3.20. The molecule has 0 aromatic carbocycles. The number of nitrogens with one attached hydrogen (secondary N) is 3. The van der Waals surface area contributed by atoms with E-state index in [-0.39, 0.29) is 18.4 Å². The van der Waals surface area contributed by atoms with Crippen LogP contribution in [0.2, 0.25) is 0 Å². The first kappa shape index (κ1) is 14.5. The number of hydrogen-bond donors (Lipinski definition) is 3. The standard InChI is InChI=1S/C13H16N6O2/c1-14-11(20)8-16-12-10(7-17-18-12)13(21)19(2)9-3-5-15-6-4-9/h3-7H,8H2,1-2H3,(H,14,20)(H2,16,17,18). The van der Waals surface area contributed by atoms with Crippen molar-refractivity contribution < 1.29 is 9.59 Å². The number of anilines is 2. The van der Waals surface area contributed by atoms with Gasteiger partial charge in [0.25, 0.3) is 5.91 Å². The zero-order chi connectivity index (χ0) is 15.2. The van der Waals surface area contributed by atoms with Gasteiger partial charge in [0, 0.05) is 38.4 Å². The molecule has 0 aliphatic heterocycles. The number of carbonyl (C=O) groups excluding carboxylic acids is 2. The Balaban J connectivity index is 2.13. The van der Waals surface area contributed by atoms with Gasteiger partial charge in [0.2, 0.25) is 5.91 Å². The van der Waals surface area contributed by atoms with Gasteiger partial charge in [-0.2, -0.15) is 5.10 Å². The Kier molecular flexibility index (Phi) is 4.50. The molecule has 0 radical (unpaired) electrons. The highest BCUT2D eigenvalue weighted by Crippen LogP contribution is 2.18. The summed E-state index contributed by atoms with van der Waals surface area (Å²) in [5.41, 5.74) is 1.08. The minimum Gasteiger partial charge on any atom is -0.359 e. The second-order valence-corrected chi connectivity index (χ2v) is 4.24. The van der Waals surface area contributed by atoms with Gasteiger partial charge in [-0.3, -0.25) is 19.7 Å². The molecule has 0 spiro atoms. The molecule has 2 aromatic heterocycles. The van der Waals surface area contributed by atoms with Gasteiger partial charge in [-0.15, -0.1) is 0 Å². The minimum atomic E-state index is -0.241. The van der Waals surface area contributed by atoms with Crippen LogP contribution in [-0.4, -0.2) is 47.6 Å². The van der Waals surface area contributed by atoms with E-state index in [1.807, 2.05) is 0 Å². The average molecular weight is 288 g/mol. The molecule has 2 heterocycles. The molecular formula is C13H16N6O2. The second-order valence-electron chi connectivity index (χ2n) is 4.24. The Morgan fingerprint density at radius 1 is 1.33 bits per heavy atom. The molecule has 0 saturated heterocycles. The Morgan fingerprint density at radius 3 is 2.71 bits per heavy atom. The third-order valence-electron chi connectivity index (χ3n) is 2.92. The van der Waals surface area contributed by atoms with Crippen molar-refractivity contribution in [2.45, 2.75) is 0 Å². The van der Waals surface area contributed by atoms with Gasteiger partial charge in [-0.25, -0.2) is 0 Å². The van der Waals surface area contributed by atoms with E-state index in [0.29, 0.717) is 17.1 Å². The third-order valence-corrected chi connectivity index (χ3v) is 2.92. The van der Waals surface area contributed by atoms with Crippen LogP contribution in [0.5, 0.6) is 0 Å². The number of rotatable bonds is 5. The fraction of sp³-hybridized carbons (Fsp3) is 0.231. The summed E-state index contributed by atoms with van der Waals surface area (Å²) in [6, 6.07) is 3.46. The largest absolute Gasteiger partial charge is 0.359 e. The van der Waals surface area contributed by atoms with E-state index in [4.69, 9.17) is 0 Å². The molecule has 2 amide bonds. The van der Waals surface area contributed by atoms with E-state index in [2.05, 4.69) is 25.8 Å². The van der Waals surface area contributed by atoms with Crippen LogP contribution in [0.3, 0.4) is 0 Å². The van der Waals surface area contributed by atoms with E-state index in [1.54, 1.807) is 31.6 Å². The Hall–Kier alpha value is -2.90. The molecular weight excluding hydrogens is 272 g/mol. The van der Waals surface area contributed by atoms with Gasteiger partial charge in [0.15, 0.2) is 5.82 Å². The van der Waals surface area contributed by atoms with Crippen LogP contribution in [-0.2, 0) is 4.79 Å². The maximum Gasteiger partial charge on any atom is 0.263 e. The smallest absolute Gasteiger partial charge is 0.263 e. The Bertz CT molecular complexity index is 625. The molecule has 2 aromatic rings. The minimum absolute atomic E-state index is 0.0423. The molecule has 2 rings (SSSR count). The first-order chi connectivity index (χ1) is 10.1. The van der Waals surface area contributed by atoms with Crippen molar-refractivity contribution in [3.05, 3.63) is 36.3 Å². The average Bonchev–Trinajstić information content (AvgIpc) is 3.00. The van der Waals surface area contributed by atoms with Gasteiger partial charge in [-0.05, 0) is 12.1 Å². The van der Waals surface area contributed by atoms with Crippen molar-refractivity contribution in [1.29, 1.82) is 0 Å². The van der Waals surface area contributed by atoms with Gasteiger partial charge >= 0.3 is 0 Å². The molecule has 0 bridgehead atoms. The molecule has 0 aliphatic rings. The molecule has 8 heteroatoms. The van der Waals surface area contributed by atoms with Gasteiger partial charge in [0.05, 0.1) is 6.54 Å². The van der Waals surface area contributed by atoms with Crippen molar-refractivity contribution >= 4 is 23.3 Å². The summed E-state index contributed by atoms with van der Waals surface area (Å²) >= 11 is 0. The number of H-pyrrole nitrogens is 1. The third kappa shape index (κ3) is 3.35. The highest BCUT2D eigenvalue weighted by molar-refractivity contribution is 6.08. The zero-order valence-electron chi connectivity index (χ0n) is 11.8. The van der Waals surface area contributed by atoms with Gasteiger partial charge in [0.1, 0.15) is 5.56 Å². The number of hydrogen-bond acceptors (Lipinski definition) is 5. The van der Waals surface area contributed by atoms with E-state index in [1.165, 1.54) is 18.1 Å². The maximum atomic E-state index is 12.4. The van der Waals surface area contributed by atoms with E-state index < -0.39 is 0 Å². The Labute approximate surface area is 121 Å². The number of pyridine rings is 1. The van der Waals surface area contributed by atoms with Crippen LogP contribution in [0, 0.1) is 0 Å². The molecule has 0 atom stereocenters. The quantitative estimate of drug-likeness (QED) is 0.731. The van der Waals surface area contributed by atoms with Crippen molar-refractivity contribution in [3.63, 3.8) is 0 Å². The van der Waals surface area contributed by atoms with E-state index in [0.717, 1.165) is 0 Å². The first-order valence-corrected chi connectivity index (χ1v) is 6.29. The van der Waals surface area contributed by atoms with Crippen LogP contribution in [0.1, 0.15) is 10.4 Å². The van der Waals surface area contributed by atoms with E-state index in [9.17, 15) is 9.59 Å². The van der Waals surface area contributed by atoms with Crippen molar-refractivity contribution in [2.75, 3.05) is 30.9 Å². The molecule has 21 heavy (non-hydrogen) atoms. The molecule has 3 N–H and O–H groups in total. The van der Waals surface area contributed by atoms with Crippen molar-refractivity contribution in [2.24, 2.45) is 0 Å². The number of aromatic amines is 1. The lowest BCUT2D eigenvalue weighted by Gasteiger charge is -2.16. The van der Waals surface area contributed by atoms with Crippen LogP contribution in [0.4, 0.5) is 11.5 Å². The van der Waals surface area contributed by atoms with E-state index >= 15 is 0 Å². The predicted octanol–water partition coefficient (Wildman–Crippen LogP) is 0.239. The normalized spacial score (nSPS) is 10.0. The lowest BCUT2D eigenvalue weighted by Crippen LogP contribution is -2.29. The second kappa shape index (κ2) is 6.51. The monoisotopic (exact) mass is 288 g/mol. The number of amides is 2. The molecule has 0 unspecified atom stereocenters. The lowest BCUT2D eigenvalue weighted by molar-refractivity contribution is -0.118. The van der Waals surface area contributed by atoms with Crippen LogP contribution in [0.25, 0.3) is 0 Å².